The lowest BCUT2D eigenvalue weighted by Crippen LogP contribution is -2.49. The van der Waals surface area contributed by atoms with E-state index >= 15 is 0 Å². The van der Waals surface area contributed by atoms with Crippen molar-refractivity contribution in [3.63, 3.8) is 0 Å². The number of anilines is 1. The topological polar surface area (TPSA) is 24.7 Å². The number of nitrogens with zero attached hydrogens (tertiary/aromatic N) is 2. The van der Waals surface area contributed by atoms with E-state index in [0.29, 0.717) is 0 Å². The minimum absolute atomic E-state index is 0.0633. The lowest BCUT2D eigenvalue weighted by molar-refractivity contribution is 0.134. The van der Waals surface area contributed by atoms with E-state index in [1.807, 2.05) is 7.11 Å². The van der Waals surface area contributed by atoms with Gasteiger partial charge in [-0.3, -0.25) is 0 Å². The van der Waals surface area contributed by atoms with E-state index in [1.165, 1.54) is 61.1 Å². The second-order valence-electron chi connectivity index (χ2n) is 13.1. The van der Waals surface area contributed by atoms with E-state index < -0.39 is 0 Å². The predicted octanol–water partition coefficient (Wildman–Crippen LogP) is 6.82. The highest BCUT2D eigenvalue weighted by molar-refractivity contribution is 5.97. The third-order valence-corrected chi connectivity index (χ3v) is 9.72. The smallest absolute Gasteiger partial charge is 0.211 e. The van der Waals surface area contributed by atoms with Crippen LogP contribution in [0.1, 0.15) is 94.9 Å². The molecule has 4 aliphatic rings. The van der Waals surface area contributed by atoms with Crippen molar-refractivity contribution in [2.75, 3.05) is 25.1 Å². The summed E-state index contributed by atoms with van der Waals surface area (Å²) in [5.74, 6) is 1.85. The molecule has 1 aliphatic carbocycles. The van der Waals surface area contributed by atoms with Gasteiger partial charge in [0.15, 0.2) is 5.54 Å². The number of hydrogen-bond acceptors (Lipinski definition) is 3. The van der Waals surface area contributed by atoms with Crippen LogP contribution in [0.3, 0.4) is 0 Å². The van der Waals surface area contributed by atoms with Crippen molar-refractivity contribution in [2.45, 2.75) is 72.6 Å². The van der Waals surface area contributed by atoms with Gasteiger partial charge >= 0.3 is 0 Å². The summed E-state index contributed by atoms with van der Waals surface area (Å²) in [6.45, 7) is 20.0. The van der Waals surface area contributed by atoms with Gasteiger partial charge < -0.3 is 14.4 Å². The monoisotopic (exact) mass is 545 g/mol. The molecule has 0 bridgehead atoms. The number of likely N-dealkylation sites (N-methyl/N-ethyl adjacent to an activating group) is 2. The average molecular weight is 546 g/mol. The van der Waals surface area contributed by atoms with Crippen molar-refractivity contribution in [1.82, 2.24) is 4.58 Å². The highest BCUT2D eigenvalue weighted by Crippen LogP contribution is 2.55. The molecule has 210 valence electrons. The molecule has 1 atom stereocenters. The summed E-state index contributed by atoms with van der Waals surface area (Å²) < 4.78 is 15.8. The first-order valence-electron chi connectivity index (χ1n) is 15.0. The summed E-state index contributed by atoms with van der Waals surface area (Å²) in [5.41, 5.74) is 12.3. The molecule has 4 heteroatoms. The molecule has 0 N–H and O–H groups in total. The Morgan fingerprint density at radius 3 is 2.37 bits per heavy atom. The molecular weight excluding hydrogens is 504 g/mol. The molecule has 0 spiro atoms. The Balaban J connectivity index is 1.67. The van der Waals surface area contributed by atoms with Crippen molar-refractivity contribution in [3.8, 4) is 11.5 Å². The summed E-state index contributed by atoms with van der Waals surface area (Å²) in [6, 6.07) is 15.7. The maximum absolute atomic E-state index is 6.99. The van der Waals surface area contributed by atoms with E-state index in [-0.39, 0.29) is 17.2 Å². The minimum Gasteiger partial charge on any atom is -0.456 e. The summed E-state index contributed by atoms with van der Waals surface area (Å²) in [6.07, 6.45) is 4.64. The van der Waals surface area contributed by atoms with E-state index in [4.69, 9.17) is 9.47 Å². The fourth-order valence-corrected chi connectivity index (χ4v) is 8.31. The maximum atomic E-state index is 6.99. The summed E-state index contributed by atoms with van der Waals surface area (Å²) in [4.78, 5) is 2.50. The van der Waals surface area contributed by atoms with Crippen LogP contribution in [0.4, 0.5) is 5.69 Å². The number of benzene rings is 3. The van der Waals surface area contributed by atoms with Crippen molar-refractivity contribution in [2.24, 2.45) is 0 Å². The van der Waals surface area contributed by atoms with E-state index in [2.05, 4.69) is 119 Å². The lowest BCUT2D eigenvalue weighted by atomic mass is 9.73. The molecular formula is C37H41N2O2+. The molecule has 0 amide bonds. The Morgan fingerprint density at radius 2 is 1.66 bits per heavy atom. The fourth-order valence-electron chi connectivity index (χ4n) is 8.31. The van der Waals surface area contributed by atoms with Crippen LogP contribution in [0.15, 0.2) is 54.6 Å². The summed E-state index contributed by atoms with van der Waals surface area (Å²) >= 11 is 0. The first kappa shape index (κ1) is 26.3. The number of methoxy groups -OCH3 is 1. The van der Waals surface area contributed by atoms with Crippen molar-refractivity contribution < 1.29 is 9.47 Å². The van der Waals surface area contributed by atoms with Crippen LogP contribution in [-0.4, -0.2) is 31.3 Å². The zero-order valence-corrected chi connectivity index (χ0v) is 25.9. The molecule has 3 aromatic rings. The van der Waals surface area contributed by atoms with Gasteiger partial charge in [-0.1, -0.05) is 30.3 Å². The second kappa shape index (κ2) is 8.69. The minimum atomic E-state index is -0.178. The van der Waals surface area contributed by atoms with Crippen LogP contribution in [0, 0.1) is 0 Å². The van der Waals surface area contributed by atoms with Gasteiger partial charge in [-0.25, -0.2) is 4.58 Å². The van der Waals surface area contributed by atoms with Gasteiger partial charge in [-0.15, -0.1) is 0 Å². The molecule has 1 unspecified atom stereocenters. The number of hydrogen-bond donors (Lipinski definition) is 0. The molecule has 0 radical (unpaired) electrons. The van der Waals surface area contributed by atoms with Gasteiger partial charge in [0, 0.05) is 72.3 Å². The molecule has 7 rings (SSSR count). The number of rotatable bonds is 3. The van der Waals surface area contributed by atoms with Gasteiger partial charge in [-0.05, 0) is 76.0 Å². The van der Waals surface area contributed by atoms with Gasteiger partial charge in [-0.2, -0.15) is 0 Å². The van der Waals surface area contributed by atoms with Crippen LogP contribution in [0.2, 0.25) is 0 Å². The number of fused-ring (bicyclic) bond motifs is 6. The Morgan fingerprint density at radius 1 is 0.902 bits per heavy atom. The molecule has 4 nitrogen and oxygen atoms in total. The standard InChI is InChI=1S/C37H41N2O2/c1-10-38-27-17-29-26(16-25(27)21(3)19-36(38,5)6)32-23-14-12-13-15-24(23)35(40-9)34-31-22(4)20-37(7,8)39(11-2)28(31)18-30(41-29)33(32)34/h12-20,35H,10-11H2,1-9H3/q+1. The molecule has 41 heavy (non-hydrogen) atoms. The zero-order chi connectivity index (χ0) is 29.0. The molecule has 3 heterocycles. The normalized spacial score (nSPS) is 20.6. The van der Waals surface area contributed by atoms with Gasteiger partial charge in [0.25, 0.3) is 0 Å². The SMILES string of the molecule is CCN1c2cc3c4c(c2C(C)=CC1(C)C)C(OC)c1ccccc1C4=c1cc2c(cc1O3)=[N+](CC)C(C)(C)C=C2C. The Hall–Kier alpha value is -3.63. The van der Waals surface area contributed by atoms with Crippen molar-refractivity contribution in [3.05, 3.63) is 98.6 Å². The summed E-state index contributed by atoms with van der Waals surface area (Å²) in [5, 5.41) is 2.40. The summed E-state index contributed by atoms with van der Waals surface area (Å²) in [7, 11) is 1.84. The number of ether oxygens (including phenoxy) is 2. The third-order valence-electron chi connectivity index (χ3n) is 9.72. The quantitative estimate of drug-likeness (QED) is 0.264. The molecule has 0 fully saturated rings. The largest absolute Gasteiger partial charge is 0.456 e. The van der Waals surface area contributed by atoms with E-state index in [9.17, 15) is 0 Å². The maximum Gasteiger partial charge on any atom is 0.211 e. The van der Waals surface area contributed by atoms with Crippen LogP contribution >= 0.6 is 0 Å². The highest BCUT2D eigenvalue weighted by atomic mass is 16.5. The average Bonchev–Trinajstić information content (AvgIpc) is 2.91. The Bertz CT molecular complexity index is 1850. The second-order valence-corrected chi connectivity index (χ2v) is 13.1. The van der Waals surface area contributed by atoms with E-state index in [0.717, 1.165) is 29.8 Å². The lowest BCUT2D eigenvalue weighted by Gasteiger charge is -2.45. The molecule has 3 aliphatic heterocycles. The van der Waals surface area contributed by atoms with Gasteiger partial charge in [0.1, 0.15) is 24.1 Å². The number of allylic oxidation sites excluding steroid dienone is 2. The van der Waals surface area contributed by atoms with Gasteiger partial charge in [0.05, 0.1) is 11.6 Å². The first-order valence-corrected chi connectivity index (χ1v) is 15.0. The van der Waals surface area contributed by atoms with Gasteiger partial charge in [0.2, 0.25) is 5.36 Å². The highest BCUT2D eigenvalue weighted by Gasteiger charge is 2.42. The van der Waals surface area contributed by atoms with Crippen LogP contribution in [0.5, 0.6) is 11.5 Å². The first-order chi connectivity index (χ1) is 19.5. The predicted molar refractivity (Wildman–Crippen MR) is 169 cm³/mol. The molecule has 0 saturated carbocycles. The Labute approximate surface area is 243 Å². The van der Waals surface area contributed by atoms with Crippen LogP contribution < -0.4 is 24.8 Å². The molecule has 3 aromatic carbocycles. The molecule has 0 saturated heterocycles. The third kappa shape index (κ3) is 3.46. The zero-order valence-electron chi connectivity index (χ0n) is 25.9. The van der Waals surface area contributed by atoms with Crippen molar-refractivity contribution >= 4 is 22.4 Å². The fraction of sp³-hybridized carbons (Fsp3) is 0.378. The van der Waals surface area contributed by atoms with Crippen LogP contribution in [-0.2, 0) is 4.74 Å². The van der Waals surface area contributed by atoms with E-state index in [1.54, 1.807) is 0 Å². The molecule has 0 aromatic heterocycles. The van der Waals surface area contributed by atoms with Crippen LogP contribution in [0.25, 0.3) is 16.7 Å². The van der Waals surface area contributed by atoms with Crippen molar-refractivity contribution in [1.29, 1.82) is 0 Å². The Kier molecular flexibility index (Phi) is 5.57.